The van der Waals surface area contributed by atoms with Crippen molar-refractivity contribution in [2.24, 2.45) is 0 Å². The Morgan fingerprint density at radius 3 is 2.47 bits per heavy atom. The van der Waals surface area contributed by atoms with Crippen LogP contribution in [0.15, 0.2) is 54.9 Å². The Hall–Kier alpha value is -3.78. The molecule has 1 aromatic carbocycles. The second-order valence-electron chi connectivity index (χ2n) is 7.90. The number of fused-ring (bicyclic) bond motifs is 1. The van der Waals surface area contributed by atoms with Gasteiger partial charge in [0.25, 0.3) is 5.91 Å². The number of carbonyl (C=O) groups excluding carboxylic acids is 1. The third-order valence-electron chi connectivity index (χ3n) is 5.84. The number of aromatic amines is 1. The van der Waals surface area contributed by atoms with Gasteiger partial charge in [-0.15, -0.1) is 0 Å². The Kier molecular flexibility index (Phi) is 5.28. The van der Waals surface area contributed by atoms with Gasteiger partial charge < -0.3 is 19.5 Å². The zero-order valence-electron chi connectivity index (χ0n) is 18.1. The highest BCUT2D eigenvalue weighted by atomic mass is 16.5. The molecular weight excluding hydrogens is 404 g/mol. The molecule has 1 saturated heterocycles. The number of amides is 1. The second kappa shape index (κ2) is 8.39. The zero-order valence-corrected chi connectivity index (χ0v) is 18.1. The molecule has 0 spiro atoms. The number of carbonyl (C=O) groups is 1. The summed E-state index contributed by atoms with van der Waals surface area (Å²) in [5, 5.41) is 0. The fourth-order valence-corrected chi connectivity index (χ4v) is 3.90. The van der Waals surface area contributed by atoms with E-state index in [1.165, 1.54) is 0 Å². The standard InChI is InChI=1S/C24H24N6O2/c1-29-11-13-30(14-12-29)24(31)17-5-8-20(26-15-17)22-27-21-19(9-10-25-23(21)28-22)16-3-6-18(32-2)7-4-16/h3-10,15H,11-14H2,1-2H3,(H,25,27,28). The summed E-state index contributed by atoms with van der Waals surface area (Å²) in [5.74, 6) is 1.44. The summed E-state index contributed by atoms with van der Waals surface area (Å²) in [5.41, 5.74) is 4.75. The number of nitrogens with one attached hydrogen (secondary N) is 1. The summed E-state index contributed by atoms with van der Waals surface area (Å²) in [7, 11) is 3.72. The Labute approximate surface area is 185 Å². The third-order valence-corrected chi connectivity index (χ3v) is 5.84. The van der Waals surface area contributed by atoms with Crippen LogP contribution in [0.1, 0.15) is 10.4 Å². The molecular formula is C24H24N6O2. The average Bonchev–Trinajstić information content (AvgIpc) is 3.29. The van der Waals surface area contributed by atoms with Gasteiger partial charge in [0.15, 0.2) is 11.5 Å². The van der Waals surface area contributed by atoms with Crippen LogP contribution in [0.25, 0.3) is 33.8 Å². The first-order valence-electron chi connectivity index (χ1n) is 10.6. The Morgan fingerprint density at radius 1 is 1.00 bits per heavy atom. The van der Waals surface area contributed by atoms with Crippen molar-refractivity contribution in [1.29, 1.82) is 0 Å². The maximum absolute atomic E-state index is 12.8. The molecule has 1 aliphatic rings. The SMILES string of the molecule is COc1ccc(-c2ccnc3nc(-c4ccc(C(=O)N5CCN(C)CC5)cn4)[nH]c23)cc1. The molecule has 0 saturated carbocycles. The van der Waals surface area contributed by atoms with E-state index in [2.05, 4.69) is 31.9 Å². The maximum atomic E-state index is 12.8. The van der Waals surface area contributed by atoms with Gasteiger partial charge in [0, 0.05) is 44.1 Å². The van der Waals surface area contributed by atoms with Gasteiger partial charge in [0.2, 0.25) is 0 Å². The lowest BCUT2D eigenvalue weighted by molar-refractivity contribution is 0.0663. The van der Waals surface area contributed by atoms with Crippen LogP contribution >= 0.6 is 0 Å². The van der Waals surface area contributed by atoms with Crippen LogP contribution < -0.4 is 4.74 Å². The number of imidazole rings is 1. The molecule has 0 radical (unpaired) electrons. The lowest BCUT2D eigenvalue weighted by Crippen LogP contribution is -2.47. The third kappa shape index (κ3) is 3.80. The highest BCUT2D eigenvalue weighted by Crippen LogP contribution is 2.29. The van der Waals surface area contributed by atoms with E-state index in [0.29, 0.717) is 22.7 Å². The van der Waals surface area contributed by atoms with Crippen LogP contribution in [0.4, 0.5) is 0 Å². The van der Waals surface area contributed by atoms with Crippen LogP contribution in [0.2, 0.25) is 0 Å². The smallest absolute Gasteiger partial charge is 0.255 e. The quantitative estimate of drug-likeness (QED) is 0.538. The molecule has 4 aromatic rings. The van der Waals surface area contributed by atoms with Crippen molar-refractivity contribution in [3.05, 3.63) is 60.4 Å². The first-order chi connectivity index (χ1) is 15.6. The molecule has 5 rings (SSSR count). The van der Waals surface area contributed by atoms with Crippen LogP contribution in [0.3, 0.4) is 0 Å². The van der Waals surface area contributed by atoms with Crippen LogP contribution in [0.5, 0.6) is 5.75 Å². The number of ether oxygens (including phenoxy) is 1. The number of hydrogen-bond acceptors (Lipinski definition) is 6. The van der Waals surface area contributed by atoms with Crippen molar-refractivity contribution >= 4 is 17.1 Å². The van der Waals surface area contributed by atoms with Crippen molar-refractivity contribution in [2.75, 3.05) is 40.3 Å². The second-order valence-corrected chi connectivity index (χ2v) is 7.90. The fourth-order valence-electron chi connectivity index (χ4n) is 3.90. The van der Waals surface area contributed by atoms with Gasteiger partial charge in [-0.05, 0) is 42.9 Å². The number of likely N-dealkylation sites (N-methyl/N-ethyl adjacent to an activating group) is 1. The minimum Gasteiger partial charge on any atom is -0.497 e. The van der Waals surface area contributed by atoms with Gasteiger partial charge in [0.05, 0.1) is 18.2 Å². The van der Waals surface area contributed by atoms with Crippen molar-refractivity contribution in [3.63, 3.8) is 0 Å². The van der Waals surface area contributed by atoms with E-state index in [1.807, 2.05) is 47.4 Å². The minimum absolute atomic E-state index is 0.0187. The normalized spacial score (nSPS) is 14.6. The van der Waals surface area contributed by atoms with Gasteiger partial charge >= 0.3 is 0 Å². The minimum atomic E-state index is 0.0187. The molecule has 0 atom stereocenters. The molecule has 32 heavy (non-hydrogen) atoms. The summed E-state index contributed by atoms with van der Waals surface area (Å²) in [6, 6.07) is 13.5. The summed E-state index contributed by atoms with van der Waals surface area (Å²) in [6.07, 6.45) is 3.37. The van der Waals surface area contributed by atoms with Gasteiger partial charge in [0.1, 0.15) is 11.4 Å². The number of nitrogens with zero attached hydrogens (tertiary/aromatic N) is 5. The zero-order chi connectivity index (χ0) is 22.1. The van der Waals surface area contributed by atoms with Crippen molar-refractivity contribution < 1.29 is 9.53 Å². The molecule has 1 amide bonds. The van der Waals surface area contributed by atoms with Gasteiger partial charge in [-0.2, -0.15) is 0 Å². The molecule has 8 heteroatoms. The van der Waals surface area contributed by atoms with E-state index in [9.17, 15) is 4.79 Å². The molecule has 0 bridgehead atoms. The van der Waals surface area contributed by atoms with Crippen LogP contribution in [0, 0.1) is 0 Å². The molecule has 162 valence electrons. The predicted molar refractivity (Wildman–Crippen MR) is 123 cm³/mol. The number of aromatic nitrogens is 4. The van der Waals surface area contributed by atoms with Crippen molar-refractivity contribution in [3.8, 4) is 28.4 Å². The molecule has 3 aromatic heterocycles. The van der Waals surface area contributed by atoms with Gasteiger partial charge in [-0.1, -0.05) is 12.1 Å². The first kappa shape index (κ1) is 20.1. The Bertz CT molecular complexity index is 1240. The summed E-state index contributed by atoms with van der Waals surface area (Å²) in [4.78, 5) is 33.8. The molecule has 1 N–H and O–H groups in total. The number of methoxy groups -OCH3 is 1. The Balaban J connectivity index is 1.42. The number of benzene rings is 1. The van der Waals surface area contributed by atoms with Crippen molar-refractivity contribution in [2.45, 2.75) is 0 Å². The monoisotopic (exact) mass is 428 g/mol. The van der Waals surface area contributed by atoms with Crippen LogP contribution in [-0.2, 0) is 0 Å². The summed E-state index contributed by atoms with van der Waals surface area (Å²) in [6.45, 7) is 3.25. The molecule has 8 nitrogen and oxygen atoms in total. The Morgan fingerprint density at radius 2 is 1.78 bits per heavy atom. The van der Waals surface area contributed by atoms with Crippen LogP contribution in [-0.4, -0.2) is 76.0 Å². The lowest BCUT2D eigenvalue weighted by atomic mass is 10.1. The van der Waals surface area contributed by atoms with Gasteiger partial charge in [-0.3, -0.25) is 9.78 Å². The molecule has 0 unspecified atom stereocenters. The van der Waals surface area contributed by atoms with E-state index in [-0.39, 0.29) is 5.91 Å². The van der Waals surface area contributed by atoms with E-state index < -0.39 is 0 Å². The average molecular weight is 428 g/mol. The first-order valence-corrected chi connectivity index (χ1v) is 10.6. The van der Waals surface area contributed by atoms with Crippen molar-refractivity contribution in [1.82, 2.24) is 29.7 Å². The molecule has 1 aliphatic heterocycles. The summed E-state index contributed by atoms with van der Waals surface area (Å²) >= 11 is 0. The molecule has 4 heterocycles. The highest BCUT2D eigenvalue weighted by molar-refractivity contribution is 5.94. The number of pyridine rings is 2. The topological polar surface area (TPSA) is 87.2 Å². The highest BCUT2D eigenvalue weighted by Gasteiger charge is 2.21. The largest absolute Gasteiger partial charge is 0.497 e. The fraction of sp³-hybridized carbons (Fsp3) is 0.250. The van der Waals surface area contributed by atoms with Gasteiger partial charge in [-0.25, -0.2) is 9.97 Å². The molecule has 0 aliphatic carbocycles. The van der Waals surface area contributed by atoms with E-state index in [1.54, 1.807) is 19.5 Å². The number of H-pyrrole nitrogens is 1. The number of rotatable bonds is 4. The number of piperazine rings is 1. The lowest BCUT2D eigenvalue weighted by Gasteiger charge is -2.32. The maximum Gasteiger partial charge on any atom is 0.255 e. The molecule has 1 fully saturated rings. The van der Waals surface area contributed by atoms with E-state index >= 15 is 0 Å². The number of hydrogen-bond donors (Lipinski definition) is 1. The predicted octanol–water partition coefficient (Wildman–Crippen LogP) is 3.08. The van der Waals surface area contributed by atoms with E-state index in [4.69, 9.17) is 4.74 Å². The summed E-state index contributed by atoms with van der Waals surface area (Å²) < 4.78 is 5.25. The van der Waals surface area contributed by atoms with E-state index in [0.717, 1.165) is 48.6 Å².